The minimum Gasteiger partial charge on any atom is -0.494 e. The summed E-state index contributed by atoms with van der Waals surface area (Å²) >= 11 is 0. The van der Waals surface area contributed by atoms with Gasteiger partial charge in [-0.2, -0.15) is 0 Å². The molecule has 0 spiro atoms. The fraction of sp³-hybridized carbons (Fsp3) is 0.571. The molecule has 2 rings (SSSR count). The number of ether oxygens (including phenoxy) is 1. The van der Waals surface area contributed by atoms with Gasteiger partial charge in [-0.3, -0.25) is 0 Å². The first-order chi connectivity index (χ1) is 9.51. The number of nitrogens with one attached hydrogen (secondary N) is 1. The second-order valence-electron chi connectivity index (χ2n) is 5.10. The second-order valence-corrected chi connectivity index (χ2v) is 6.82. The van der Waals surface area contributed by atoms with Crippen LogP contribution in [0, 0.1) is 0 Å². The monoisotopic (exact) mass is 298 g/mol. The van der Waals surface area contributed by atoms with Crippen LogP contribution in [0.2, 0.25) is 0 Å². The Labute approximate surface area is 121 Å². The van der Waals surface area contributed by atoms with Gasteiger partial charge in [0.25, 0.3) is 0 Å². The van der Waals surface area contributed by atoms with E-state index < -0.39 is 10.0 Å². The van der Waals surface area contributed by atoms with Crippen molar-refractivity contribution in [3.05, 3.63) is 24.3 Å². The Morgan fingerprint density at radius 1 is 1.25 bits per heavy atom. The van der Waals surface area contributed by atoms with Crippen LogP contribution in [0.4, 0.5) is 0 Å². The highest BCUT2D eigenvalue weighted by Crippen LogP contribution is 2.18. The van der Waals surface area contributed by atoms with E-state index in [-0.39, 0.29) is 6.04 Å². The van der Waals surface area contributed by atoms with E-state index in [0.29, 0.717) is 17.3 Å². The van der Waals surface area contributed by atoms with Gasteiger partial charge in [-0.05, 0) is 64.2 Å². The summed E-state index contributed by atoms with van der Waals surface area (Å²) in [5.41, 5.74) is 0. The highest BCUT2D eigenvalue weighted by molar-refractivity contribution is 7.89. The molecule has 0 saturated carbocycles. The van der Waals surface area contributed by atoms with E-state index >= 15 is 0 Å². The van der Waals surface area contributed by atoms with Crippen molar-refractivity contribution >= 4 is 10.0 Å². The Bertz CT molecular complexity index is 520. The van der Waals surface area contributed by atoms with Crippen molar-refractivity contribution in [2.24, 2.45) is 0 Å². The number of sulfonamides is 1. The zero-order chi connectivity index (χ0) is 14.6. The Kier molecular flexibility index (Phi) is 5.01. The molecule has 1 aliphatic heterocycles. The van der Waals surface area contributed by atoms with Crippen LogP contribution in [-0.4, -0.2) is 46.1 Å². The molecule has 112 valence electrons. The number of rotatable bonds is 5. The largest absolute Gasteiger partial charge is 0.494 e. The number of likely N-dealkylation sites (tertiary alicyclic amines) is 1. The summed E-state index contributed by atoms with van der Waals surface area (Å²) in [6.07, 6.45) is 1.71. The molecule has 0 atom stereocenters. The Hall–Kier alpha value is -1.11. The number of hydrogen-bond donors (Lipinski definition) is 1. The fourth-order valence-corrected chi connectivity index (χ4v) is 3.60. The van der Waals surface area contributed by atoms with Crippen LogP contribution < -0.4 is 9.46 Å². The average Bonchev–Trinajstić information content (AvgIpc) is 2.42. The van der Waals surface area contributed by atoms with E-state index in [1.165, 1.54) is 0 Å². The first kappa shape index (κ1) is 15.3. The maximum atomic E-state index is 12.3. The number of benzene rings is 1. The van der Waals surface area contributed by atoms with Gasteiger partial charge in [0.2, 0.25) is 10.0 Å². The lowest BCUT2D eigenvalue weighted by atomic mass is 10.1. The minimum atomic E-state index is -3.43. The van der Waals surface area contributed by atoms with Crippen LogP contribution in [0.3, 0.4) is 0 Å². The quantitative estimate of drug-likeness (QED) is 0.894. The predicted molar refractivity (Wildman–Crippen MR) is 78.5 cm³/mol. The van der Waals surface area contributed by atoms with Crippen LogP contribution in [-0.2, 0) is 10.0 Å². The van der Waals surface area contributed by atoms with Gasteiger partial charge in [0, 0.05) is 6.04 Å². The van der Waals surface area contributed by atoms with Gasteiger partial charge in [0.1, 0.15) is 5.75 Å². The third kappa shape index (κ3) is 3.94. The number of hydrogen-bond acceptors (Lipinski definition) is 4. The summed E-state index contributed by atoms with van der Waals surface area (Å²) in [5, 5.41) is 0. The zero-order valence-electron chi connectivity index (χ0n) is 12.0. The Balaban J connectivity index is 2.02. The summed E-state index contributed by atoms with van der Waals surface area (Å²) in [6, 6.07) is 6.58. The molecule has 5 nitrogen and oxygen atoms in total. The molecule has 1 aromatic carbocycles. The van der Waals surface area contributed by atoms with Crippen molar-refractivity contribution in [3.8, 4) is 5.75 Å². The van der Waals surface area contributed by atoms with E-state index in [9.17, 15) is 8.42 Å². The maximum Gasteiger partial charge on any atom is 0.240 e. The molecular formula is C14H22N2O3S. The van der Waals surface area contributed by atoms with Gasteiger partial charge < -0.3 is 9.64 Å². The molecule has 1 heterocycles. The molecule has 0 amide bonds. The predicted octanol–water partition coefficient (Wildman–Crippen LogP) is 1.46. The van der Waals surface area contributed by atoms with E-state index in [2.05, 4.69) is 16.7 Å². The third-order valence-corrected chi connectivity index (χ3v) is 5.02. The summed E-state index contributed by atoms with van der Waals surface area (Å²) in [4.78, 5) is 2.50. The molecular weight excluding hydrogens is 276 g/mol. The molecule has 1 N–H and O–H groups in total. The minimum absolute atomic E-state index is 0.0303. The van der Waals surface area contributed by atoms with Crippen LogP contribution in [0.5, 0.6) is 5.75 Å². The maximum absolute atomic E-state index is 12.3. The first-order valence-corrected chi connectivity index (χ1v) is 8.43. The fourth-order valence-electron chi connectivity index (χ4n) is 2.30. The molecule has 1 aromatic rings. The summed E-state index contributed by atoms with van der Waals surface area (Å²) < 4.78 is 32.7. The summed E-state index contributed by atoms with van der Waals surface area (Å²) in [5.74, 6) is 0.686. The molecule has 1 saturated heterocycles. The molecule has 0 unspecified atom stereocenters. The lowest BCUT2D eigenvalue weighted by molar-refractivity contribution is 0.248. The van der Waals surface area contributed by atoms with Crippen LogP contribution in [0.1, 0.15) is 19.8 Å². The van der Waals surface area contributed by atoms with Crippen molar-refractivity contribution < 1.29 is 13.2 Å². The standard InChI is InChI=1S/C14H22N2O3S/c1-3-19-13-4-6-14(7-5-13)20(17,18)15-12-8-10-16(2)11-9-12/h4-7,12,15H,3,8-11H2,1-2H3. The molecule has 0 aromatic heterocycles. The summed E-state index contributed by atoms with van der Waals surface area (Å²) in [7, 11) is -1.38. The van der Waals surface area contributed by atoms with Crippen molar-refractivity contribution in [2.75, 3.05) is 26.7 Å². The van der Waals surface area contributed by atoms with Gasteiger partial charge in [0.15, 0.2) is 0 Å². The number of piperidine rings is 1. The summed E-state index contributed by atoms with van der Waals surface area (Å²) in [6.45, 7) is 4.32. The van der Waals surface area contributed by atoms with E-state index in [1.54, 1.807) is 24.3 Å². The molecule has 1 aliphatic rings. The van der Waals surface area contributed by atoms with Gasteiger partial charge >= 0.3 is 0 Å². The molecule has 6 heteroatoms. The van der Waals surface area contributed by atoms with Crippen molar-refractivity contribution in [2.45, 2.75) is 30.7 Å². The third-order valence-electron chi connectivity index (χ3n) is 3.49. The second kappa shape index (κ2) is 6.56. The van der Waals surface area contributed by atoms with E-state index in [0.717, 1.165) is 25.9 Å². The van der Waals surface area contributed by atoms with Gasteiger partial charge in [-0.1, -0.05) is 0 Å². The first-order valence-electron chi connectivity index (χ1n) is 6.95. The molecule has 0 aliphatic carbocycles. The van der Waals surface area contributed by atoms with Gasteiger partial charge in [-0.15, -0.1) is 0 Å². The lowest BCUT2D eigenvalue weighted by Gasteiger charge is -2.29. The average molecular weight is 298 g/mol. The topological polar surface area (TPSA) is 58.6 Å². The van der Waals surface area contributed by atoms with E-state index in [4.69, 9.17) is 4.74 Å². The molecule has 20 heavy (non-hydrogen) atoms. The molecule has 0 bridgehead atoms. The van der Waals surface area contributed by atoms with Crippen LogP contribution in [0.25, 0.3) is 0 Å². The van der Waals surface area contributed by atoms with Gasteiger partial charge in [-0.25, -0.2) is 13.1 Å². The zero-order valence-corrected chi connectivity index (χ0v) is 12.8. The Morgan fingerprint density at radius 2 is 1.85 bits per heavy atom. The molecule has 0 radical (unpaired) electrons. The van der Waals surface area contributed by atoms with Crippen LogP contribution in [0.15, 0.2) is 29.2 Å². The normalized spacial score (nSPS) is 18.1. The van der Waals surface area contributed by atoms with Crippen molar-refractivity contribution in [1.82, 2.24) is 9.62 Å². The van der Waals surface area contributed by atoms with Gasteiger partial charge in [0.05, 0.1) is 11.5 Å². The number of nitrogens with zero attached hydrogens (tertiary/aromatic N) is 1. The van der Waals surface area contributed by atoms with Crippen molar-refractivity contribution in [1.29, 1.82) is 0 Å². The van der Waals surface area contributed by atoms with E-state index in [1.807, 2.05) is 6.92 Å². The SMILES string of the molecule is CCOc1ccc(S(=O)(=O)NC2CCN(C)CC2)cc1. The van der Waals surface area contributed by atoms with Crippen LogP contribution >= 0.6 is 0 Å². The molecule has 1 fully saturated rings. The van der Waals surface area contributed by atoms with Crippen molar-refractivity contribution in [3.63, 3.8) is 0 Å². The highest BCUT2D eigenvalue weighted by Gasteiger charge is 2.23. The smallest absolute Gasteiger partial charge is 0.240 e. The Morgan fingerprint density at radius 3 is 2.40 bits per heavy atom. The highest BCUT2D eigenvalue weighted by atomic mass is 32.2. The lowest BCUT2D eigenvalue weighted by Crippen LogP contribution is -2.43.